The maximum absolute atomic E-state index is 12.4. The Labute approximate surface area is 156 Å². The number of hydrogen-bond acceptors (Lipinski definition) is 5. The van der Waals surface area contributed by atoms with Gasteiger partial charge >= 0.3 is 5.97 Å². The number of rotatable bonds is 4. The molecule has 1 heterocycles. The van der Waals surface area contributed by atoms with Gasteiger partial charge in [-0.3, -0.25) is 4.79 Å². The van der Waals surface area contributed by atoms with E-state index in [0.29, 0.717) is 29.8 Å². The van der Waals surface area contributed by atoms with E-state index in [0.717, 1.165) is 16.0 Å². The second-order valence-corrected chi connectivity index (χ2v) is 7.45. The Morgan fingerprint density at radius 1 is 1.35 bits per heavy atom. The zero-order chi connectivity index (χ0) is 18.7. The normalized spacial score (nSPS) is 18.5. The number of fused-ring (bicyclic) bond motifs is 1. The van der Waals surface area contributed by atoms with Crippen LogP contribution < -0.4 is 5.32 Å². The maximum Gasteiger partial charge on any atom is 0.341 e. The first-order valence-electron chi connectivity index (χ1n) is 8.56. The van der Waals surface area contributed by atoms with Gasteiger partial charge in [-0.2, -0.15) is 5.26 Å². The van der Waals surface area contributed by atoms with Crippen LogP contribution in [-0.4, -0.2) is 18.5 Å². The summed E-state index contributed by atoms with van der Waals surface area (Å²) in [6.45, 7) is 3.44. The number of amides is 1. The molecule has 0 spiro atoms. The molecule has 1 aromatic carbocycles. The molecule has 5 nitrogen and oxygen atoms in total. The van der Waals surface area contributed by atoms with Crippen LogP contribution in [0.15, 0.2) is 30.3 Å². The van der Waals surface area contributed by atoms with Gasteiger partial charge in [0.05, 0.1) is 23.7 Å². The summed E-state index contributed by atoms with van der Waals surface area (Å²) >= 11 is 1.37. The molecule has 1 N–H and O–H groups in total. The number of carbonyl (C=O) groups excluding carboxylic acids is 2. The van der Waals surface area contributed by atoms with Crippen molar-refractivity contribution in [2.45, 2.75) is 38.5 Å². The lowest BCUT2D eigenvalue weighted by atomic mass is 9.70. The first-order valence-corrected chi connectivity index (χ1v) is 9.38. The van der Waals surface area contributed by atoms with Crippen molar-refractivity contribution in [2.24, 2.45) is 0 Å². The number of ether oxygens (including phenoxy) is 1. The van der Waals surface area contributed by atoms with E-state index in [2.05, 4.69) is 11.4 Å². The van der Waals surface area contributed by atoms with Crippen LogP contribution in [0.4, 0.5) is 5.00 Å². The van der Waals surface area contributed by atoms with E-state index in [-0.39, 0.29) is 12.5 Å². The van der Waals surface area contributed by atoms with Crippen molar-refractivity contribution < 1.29 is 14.3 Å². The second kappa shape index (κ2) is 7.30. The van der Waals surface area contributed by atoms with Gasteiger partial charge in [-0.15, -0.1) is 11.3 Å². The number of nitrogens with zero attached hydrogens (tertiary/aromatic N) is 1. The largest absolute Gasteiger partial charge is 0.462 e. The number of carbonyl (C=O) groups is 2. The molecule has 1 aromatic heterocycles. The molecular formula is C20H20N2O3S. The number of benzene rings is 1. The molecule has 0 fully saturated rings. The van der Waals surface area contributed by atoms with Crippen LogP contribution >= 0.6 is 11.3 Å². The van der Waals surface area contributed by atoms with Gasteiger partial charge in [0, 0.05) is 18.2 Å². The number of anilines is 1. The number of esters is 1. The molecule has 6 heteroatoms. The van der Waals surface area contributed by atoms with E-state index in [1.807, 2.05) is 30.3 Å². The first-order chi connectivity index (χ1) is 12.5. The van der Waals surface area contributed by atoms with E-state index >= 15 is 0 Å². The highest BCUT2D eigenvalue weighted by atomic mass is 32.1. The zero-order valence-corrected chi connectivity index (χ0v) is 15.6. The first kappa shape index (κ1) is 18.2. The number of nitriles is 1. The van der Waals surface area contributed by atoms with Crippen molar-refractivity contribution >= 4 is 28.2 Å². The molecule has 1 atom stereocenters. The standard InChI is InChI=1S/C20H20N2O3S/c1-3-25-19(24)17-15-9-10-20(12-21,14-7-5-4-6-8-14)11-16(15)26-18(17)22-13(2)23/h4-8H,3,9-11H2,1-2H3,(H,22,23)/t20-/m1/s1. The molecule has 0 bridgehead atoms. The molecule has 3 rings (SSSR count). The van der Waals surface area contributed by atoms with Crippen molar-refractivity contribution in [3.63, 3.8) is 0 Å². The molecule has 1 aliphatic rings. The molecule has 0 radical (unpaired) electrons. The number of thiophene rings is 1. The fourth-order valence-corrected chi connectivity index (χ4v) is 4.85. The van der Waals surface area contributed by atoms with Crippen molar-refractivity contribution in [2.75, 3.05) is 11.9 Å². The molecular weight excluding hydrogens is 348 g/mol. The van der Waals surface area contributed by atoms with Crippen molar-refractivity contribution in [3.05, 3.63) is 51.9 Å². The lowest BCUT2D eigenvalue weighted by Crippen LogP contribution is -2.31. The SMILES string of the molecule is CCOC(=O)c1c(NC(C)=O)sc2c1CC[C@@](C#N)(c1ccccc1)C2. The second-order valence-electron chi connectivity index (χ2n) is 6.35. The van der Waals surface area contributed by atoms with Gasteiger partial charge in [0.15, 0.2) is 0 Å². The van der Waals surface area contributed by atoms with E-state index in [4.69, 9.17) is 4.74 Å². The third-order valence-electron chi connectivity index (χ3n) is 4.66. The summed E-state index contributed by atoms with van der Waals surface area (Å²) in [5, 5.41) is 13.2. The Kier molecular flexibility index (Phi) is 5.10. The smallest absolute Gasteiger partial charge is 0.341 e. The van der Waals surface area contributed by atoms with Crippen LogP contribution in [0.25, 0.3) is 0 Å². The van der Waals surface area contributed by atoms with E-state index < -0.39 is 11.4 Å². The maximum atomic E-state index is 12.4. The van der Waals surface area contributed by atoms with Gasteiger partial charge in [0.25, 0.3) is 0 Å². The van der Waals surface area contributed by atoms with Crippen LogP contribution in [0, 0.1) is 11.3 Å². The number of nitrogens with one attached hydrogen (secondary N) is 1. The van der Waals surface area contributed by atoms with Gasteiger partial charge in [-0.05, 0) is 30.9 Å². The van der Waals surface area contributed by atoms with Gasteiger partial charge < -0.3 is 10.1 Å². The van der Waals surface area contributed by atoms with Gasteiger partial charge in [0.1, 0.15) is 5.00 Å². The average Bonchev–Trinajstić information content (AvgIpc) is 2.98. The molecule has 0 aliphatic heterocycles. The third-order valence-corrected chi connectivity index (χ3v) is 5.81. The predicted octanol–water partition coefficient (Wildman–Crippen LogP) is 3.83. The lowest BCUT2D eigenvalue weighted by molar-refractivity contribution is -0.114. The Morgan fingerprint density at radius 2 is 2.08 bits per heavy atom. The van der Waals surface area contributed by atoms with Crippen LogP contribution in [-0.2, 0) is 27.8 Å². The van der Waals surface area contributed by atoms with Gasteiger partial charge in [0.2, 0.25) is 5.91 Å². The van der Waals surface area contributed by atoms with Gasteiger partial charge in [-0.25, -0.2) is 4.79 Å². The van der Waals surface area contributed by atoms with Crippen molar-refractivity contribution in [1.29, 1.82) is 5.26 Å². The molecule has 2 aromatic rings. The summed E-state index contributed by atoms with van der Waals surface area (Å²) in [6.07, 6.45) is 1.75. The molecule has 1 amide bonds. The van der Waals surface area contributed by atoms with Crippen molar-refractivity contribution in [1.82, 2.24) is 0 Å². The summed E-state index contributed by atoms with van der Waals surface area (Å²) < 4.78 is 5.19. The van der Waals surface area contributed by atoms with Crippen LogP contribution in [0.3, 0.4) is 0 Å². The summed E-state index contributed by atoms with van der Waals surface area (Å²) in [6, 6.07) is 12.3. The summed E-state index contributed by atoms with van der Waals surface area (Å²) in [4.78, 5) is 25.0. The lowest BCUT2D eigenvalue weighted by Gasteiger charge is -2.31. The minimum Gasteiger partial charge on any atom is -0.462 e. The Bertz CT molecular complexity index is 882. The topological polar surface area (TPSA) is 79.2 Å². The number of hydrogen-bond donors (Lipinski definition) is 1. The Morgan fingerprint density at radius 3 is 2.69 bits per heavy atom. The molecule has 26 heavy (non-hydrogen) atoms. The molecule has 134 valence electrons. The molecule has 0 saturated carbocycles. The highest BCUT2D eigenvalue weighted by Gasteiger charge is 2.40. The monoisotopic (exact) mass is 368 g/mol. The van der Waals surface area contributed by atoms with E-state index in [1.54, 1.807) is 6.92 Å². The molecule has 1 aliphatic carbocycles. The predicted molar refractivity (Wildman–Crippen MR) is 100 cm³/mol. The summed E-state index contributed by atoms with van der Waals surface area (Å²) in [7, 11) is 0. The summed E-state index contributed by atoms with van der Waals surface area (Å²) in [5.41, 5.74) is 1.72. The van der Waals surface area contributed by atoms with Crippen LogP contribution in [0.2, 0.25) is 0 Å². The minimum absolute atomic E-state index is 0.233. The van der Waals surface area contributed by atoms with E-state index in [1.165, 1.54) is 18.3 Å². The highest BCUT2D eigenvalue weighted by molar-refractivity contribution is 7.17. The summed E-state index contributed by atoms with van der Waals surface area (Å²) in [5.74, 6) is -0.651. The quantitative estimate of drug-likeness (QED) is 0.832. The molecule has 0 unspecified atom stereocenters. The zero-order valence-electron chi connectivity index (χ0n) is 14.8. The Hall–Kier alpha value is -2.65. The van der Waals surface area contributed by atoms with Crippen molar-refractivity contribution in [3.8, 4) is 6.07 Å². The minimum atomic E-state index is -0.613. The average molecular weight is 368 g/mol. The van der Waals surface area contributed by atoms with Crippen LogP contribution in [0.1, 0.15) is 46.6 Å². The fraction of sp³-hybridized carbons (Fsp3) is 0.350. The van der Waals surface area contributed by atoms with E-state index in [9.17, 15) is 14.9 Å². The van der Waals surface area contributed by atoms with Crippen LogP contribution in [0.5, 0.6) is 0 Å². The fourth-order valence-electron chi connectivity index (χ4n) is 3.45. The third kappa shape index (κ3) is 3.23. The molecule has 0 saturated heterocycles. The highest BCUT2D eigenvalue weighted by Crippen LogP contribution is 2.45. The Balaban J connectivity index is 2.05. The van der Waals surface area contributed by atoms with Gasteiger partial charge in [-0.1, -0.05) is 30.3 Å².